The summed E-state index contributed by atoms with van der Waals surface area (Å²) in [4.78, 5) is 14.9. The molecule has 32 heavy (non-hydrogen) atoms. The topological polar surface area (TPSA) is 59.4 Å². The monoisotopic (exact) mass is 452 g/mol. The minimum atomic E-state index is -3.19. The maximum atomic E-state index is 12.6. The third-order valence-electron chi connectivity index (χ3n) is 6.23. The van der Waals surface area contributed by atoms with Gasteiger partial charge in [-0.3, -0.25) is 4.79 Å². The molecule has 1 fully saturated rings. The number of fused-ring (bicyclic) bond motifs is 1. The van der Waals surface area contributed by atoms with Crippen LogP contribution in [0.25, 0.3) is 22.0 Å². The smallest absolute Gasteiger partial charge is 0.223 e. The highest BCUT2D eigenvalue weighted by molar-refractivity contribution is 7.90. The maximum Gasteiger partial charge on any atom is 0.223 e. The first-order chi connectivity index (χ1) is 15.0. The van der Waals surface area contributed by atoms with Crippen molar-refractivity contribution in [2.75, 3.05) is 19.3 Å². The summed E-state index contributed by atoms with van der Waals surface area (Å²) in [6.07, 6.45) is 5.90. The summed E-state index contributed by atoms with van der Waals surface area (Å²) in [5.41, 5.74) is 3.28. The first kappa shape index (κ1) is 22.6. The molecule has 6 heteroatoms. The molecule has 0 saturated carbocycles. The number of carbonyl (C=O) groups is 1. The highest BCUT2D eigenvalue weighted by Gasteiger charge is 2.27. The van der Waals surface area contributed by atoms with Gasteiger partial charge >= 0.3 is 0 Å². The normalized spacial score (nSPS) is 15.9. The lowest BCUT2D eigenvalue weighted by Crippen LogP contribution is -2.40. The van der Waals surface area contributed by atoms with Crippen molar-refractivity contribution >= 4 is 26.6 Å². The van der Waals surface area contributed by atoms with Crippen molar-refractivity contribution < 1.29 is 13.2 Å². The van der Waals surface area contributed by atoms with Gasteiger partial charge in [-0.25, -0.2) is 8.42 Å². The highest BCUT2D eigenvalue weighted by atomic mass is 32.2. The van der Waals surface area contributed by atoms with Gasteiger partial charge in [0, 0.05) is 48.9 Å². The van der Waals surface area contributed by atoms with E-state index >= 15 is 0 Å². The van der Waals surface area contributed by atoms with Crippen molar-refractivity contribution in [2.24, 2.45) is 5.41 Å². The number of benzene rings is 2. The van der Waals surface area contributed by atoms with Gasteiger partial charge in [0.2, 0.25) is 5.91 Å². The number of hydrogen-bond acceptors (Lipinski definition) is 3. The summed E-state index contributed by atoms with van der Waals surface area (Å²) in [6.45, 7) is 7.95. The average molecular weight is 453 g/mol. The van der Waals surface area contributed by atoms with Crippen LogP contribution in [0.4, 0.5) is 0 Å². The van der Waals surface area contributed by atoms with Gasteiger partial charge in [-0.15, -0.1) is 0 Å². The fourth-order valence-electron chi connectivity index (χ4n) is 4.52. The van der Waals surface area contributed by atoms with E-state index in [1.54, 1.807) is 12.1 Å². The molecule has 0 spiro atoms. The van der Waals surface area contributed by atoms with Crippen LogP contribution >= 0.6 is 0 Å². The van der Waals surface area contributed by atoms with Gasteiger partial charge in [-0.05, 0) is 59.7 Å². The van der Waals surface area contributed by atoms with Crippen molar-refractivity contribution in [1.82, 2.24) is 9.47 Å². The lowest BCUT2D eigenvalue weighted by molar-refractivity contribution is -0.134. The predicted octanol–water partition coefficient (Wildman–Crippen LogP) is 5.31. The van der Waals surface area contributed by atoms with Crippen LogP contribution in [-0.2, 0) is 14.6 Å². The molecule has 0 atom stereocenters. The Morgan fingerprint density at radius 2 is 1.59 bits per heavy atom. The van der Waals surface area contributed by atoms with E-state index in [9.17, 15) is 13.2 Å². The first-order valence-corrected chi connectivity index (χ1v) is 13.1. The molecule has 0 bridgehead atoms. The second kappa shape index (κ2) is 8.39. The minimum Gasteiger partial charge on any atom is -0.344 e. The number of nitrogens with zero attached hydrogens (tertiary/aromatic N) is 2. The standard InChI is InChI=1S/C26H32N2O3S/c1-26(2,3)18-25(29)27-14-12-22(13-15-27)28-16-11-21-17-20(7-10-24(21)28)19-5-8-23(9-6-19)32(4,30)31/h5-11,16-17,22H,12-15,18H2,1-4H3. The number of amides is 1. The van der Waals surface area contributed by atoms with E-state index in [1.807, 2.05) is 17.0 Å². The molecule has 1 aliphatic heterocycles. The van der Waals surface area contributed by atoms with Crippen LogP contribution in [0.15, 0.2) is 59.6 Å². The van der Waals surface area contributed by atoms with Crippen LogP contribution in [0.5, 0.6) is 0 Å². The Morgan fingerprint density at radius 3 is 2.19 bits per heavy atom. The Hall–Kier alpha value is -2.60. The largest absolute Gasteiger partial charge is 0.344 e. The Bertz CT molecular complexity index is 1230. The van der Waals surface area contributed by atoms with Crippen molar-refractivity contribution in [3.63, 3.8) is 0 Å². The Balaban J connectivity index is 1.49. The van der Waals surface area contributed by atoms with Crippen LogP contribution in [0.1, 0.15) is 46.1 Å². The zero-order chi connectivity index (χ0) is 23.1. The number of rotatable bonds is 4. The molecule has 2 heterocycles. The van der Waals surface area contributed by atoms with E-state index < -0.39 is 9.84 Å². The van der Waals surface area contributed by atoms with Crippen LogP contribution in [0.3, 0.4) is 0 Å². The van der Waals surface area contributed by atoms with Gasteiger partial charge < -0.3 is 9.47 Å². The molecule has 1 aromatic heterocycles. The lowest BCUT2D eigenvalue weighted by atomic mass is 9.91. The molecular weight excluding hydrogens is 420 g/mol. The number of hydrogen-bond donors (Lipinski definition) is 0. The molecule has 3 aromatic rings. The molecule has 2 aromatic carbocycles. The second-order valence-corrected chi connectivity index (χ2v) is 12.2. The molecule has 4 rings (SSSR count). The van der Waals surface area contributed by atoms with Crippen molar-refractivity contribution in [3.05, 3.63) is 54.7 Å². The van der Waals surface area contributed by atoms with Gasteiger partial charge in [0.15, 0.2) is 9.84 Å². The van der Waals surface area contributed by atoms with Gasteiger partial charge in [-0.1, -0.05) is 39.0 Å². The minimum absolute atomic E-state index is 0.0212. The number of carbonyl (C=O) groups excluding carboxylic acids is 1. The molecule has 0 aliphatic carbocycles. The van der Waals surface area contributed by atoms with E-state index in [2.05, 4.69) is 55.8 Å². The first-order valence-electron chi connectivity index (χ1n) is 11.2. The maximum absolute atomic E-state index is 12.6. The van der Waals surface area contributed by atoms with Gasteiger partial charge in [0.05, 0.1) is 4.90 Å². The Morgan fingerprint density at radius 1 is 0.969 bits per heavy atom. The summed E-state index contributed by atoms with van der Waals surface area (Å²) >= 11 is 0. The third kappa shape index (κ3) is 4.90. The summed E-state index contributed by atoms with van der Waals surface area (Å²) in [6, 6.07) is 16.0. The number of sulfone groups is 1. The summed E-state index contributed by atoms with van der Waals surface area (Å²) < 4.78 is 25.8. The highest BCUT2D eigenvalue weighted by Crippen LogP contribution is 2.32. The molecule has 5 nitrogen and oxygen atoms in total. The van der Waals surface area contributed by atoms with E-state index in [0.717, 1.165) is 37.1 Å². The SMILES string of the molecule is CC(C)(C)CC(=O)N1CCC(n2ccc3cc(-c4ccc(S(C)(=O)=O)cc4)ccc32)CC1. The molecule has 1 aliphatic rings. The molecular formula is C26H32N2O3S. The lowest BCUT2D eigenvalue weighted by Gasteiger charge is -2.34. The van der Waals surface area contributed by atoms with E-state index in [-0.39, 0.29) is 11.3 Å². The number of likely N-dealkylation sites (tertiary alicyclic amines) is 1. The fraction of sp³-hybridized carbons (Fsp3) is 0.423. The zero-order valence-corrected chi connectivity index (χ0v) is 20.2. The summed E-state index contributed by atoms with van der Waals surface area (Å²) in [7, 11) is -3.19. The number of aromatic nitrogens is 1. The molecule has 0 N–H and O–H groups in total. The Kier molecular flexibility index (Phi) is 5.93. The van der Waals surface area contributed by atoms with Gasteiger partial charge in [0.25, 0.3) is 0 Å². The molecule has 170 valence electrons. The quantitative estimate of drug-likeness (QED) is 0.539. The Labute approximate surface area is 191 Å². The second-order valence-electron chi connectivity index (χ2n) is 10.1. The molecule has 0 unspecified atom stereocenters. The molecule has 1 saturated heterocycles. The van der Waals surface area contributed by atoms with Crippen LogP contribution in [0.2, 0.25) is 0 Å². The fourth-order valence-corrected chi connectivity index (χ4v) is 5.15. The van der Waals surface area contributed by atoms with Crippen molar-refractivity contribution in [2.45, 2.75) is 51.0 Å². The zero-order valence-electron chi connectivity index (χ0n) is 19.3. The van der Waals surface area contributed by atoms with Gasteiger partial charge in [0.1, 0.15) is 0 Å². The van der Waals surface area contributed by atoms with Crippen molar-refractivity contribution in [3.8, 4) is 11.1 Å². The average Bonchev–Trinajstić information content (AvgIpc) is 3.15. The van der Waals surface area contributed by atoms with Crippen LogP contribution < -0.4 is 0 Å². The van der Waals surface area contributed by atoms with E-state index in [1.165, 1.54) is 17.2 Å². The van der Waals surface area contributed by atoms with Crippen molar-refractivity contribution in [1.29, 1.82) is 0 Å². The molecule has 1 amide bonds. The van der Waals surface area contributed by atoms with E-state index in [4.69, 9.17) is 0 Å². The third-order valence-corrected chi connectivity index (χ3v) is 7.36. The predicted molar refractivity (Wildman–Crippen MR) is 129 cm³/mol. The van der Waals surface area contributed by atoms with Crippen LogP contribution in [0, 0.1) is 5.41 Å². The van der Waals surface area contributed by atoms with E-state index in [0.29, 0.717) is 17.4 Å². The summed E-state index contributed by atoms with van der Waals surface area (Å²) in [5, 5.41) is 1.17. The molecule has 0 radical (unpaired) electrons. The van der Waals surface area contributed by atoms with Crippen LogP contribution in [-0.4, -0.2) is 43.1 Å². The summed E-state index contributed by atoms with van der Waals surface area (Å²) in [5.74, 6) is 0.264. The number of piperidine rings is 1. The van der Waals surface area contributed by atoms with Gasteiger partial charge in [-0.2, -0.15) is 0 Å².